The Morgan fingerprint density at radius 2 is 2.46 bits per heavy atom. The van der Waals surface area contributed by atoms with Crippen LogP contribution in [0.25, 0.3) is 5.57 Å². The van der Waals surface area contributed by atoms with Crippen molar-refractivity contribution in [1.82, 2.24) is 10.2 Å². The summed E-state index contributed by atoms with van der Waals surface area (Å²) in [5, 5.41) is 14.6. The number of hydrogen-bond acceptors (Lipinski definition) is 5. The number of carbonyl (C=O) groups excluding carboxylic acids is 1. The van der Waals surface area contributed by atoms with Gasteiger partial charge in [-0.1, -0.05) is 6.07 Å². The van der Waals surface area contributed by atoms with Crippen LogP contribution in [0.3, 0.4) is 0 Å². The van der Waals surface area contributed by atoms with E-state index in [1.165, 1.54) is 6.20 Å². The van der Waals surface area contributed by atoms with E-state index in [1.807, 2.05) is 19.1 Å². The number of nitriles is 1. The van der Waals surface area contributed by atoms with Crippen LogP contribution >= 0.6 is 0 Å². The van der Waals surface area contributed by atoms with Gasteiger partial charge in [0.05, 0.1) is 11.6 Å². The third-order valence-corrected chi connectivity index (χ3v) is 3.83. The van der Waals surface area contributed by atoms with Gasteiger partial charge in [0, 0.05) is 36.5 Å². The van der Waals surface area contributed by atoms with Crippen molar-refractivity contribution in [1.29, 1.82) is 10.8 Å². The highest BCUT2D eigenvalue weighted by Crippen LogP contribution is 2.27. The number of nitrogens with zero attached hydrogens (tertiary/aromatic N) is 4. The third-order valence-electron chi connectivity index (χ3n) is 3.83. The monoisotopic (exact) mass is 324 g/mol. The molecule has 1 aliphatic heterocycles. The van der Waals surface area contributed by atoms with Crippen LogP contribution in [0.15, 0.2) is 34.5 Å². The maximum Gasteiger partial charge on any atom is 0.422 e. The quantitative estimate of drug-likeness (QED) is 0.575. The first-order valence-corrected chi connectivity index (χ1v) is 7.41. The van der Waals surface area contributed by atoms with E-state index in [9.17, 15) is 4.79 Å². The van der Waals surface area contributed by atoms with E-state index in [2.05, 4.69) is 26.4 Å². The SMILES string of the molecule is Cc1cc(C#N)ccc1C(=CN)C1=NCC(CNC(=O)N=[N+]=N)C1. The molecule has 0 spiro atoms. The van der Waals surface area contributed by atoms with E-state index in [4.69, 9.17) is 16.5 Å². The van der Waals surface area contributed by atoms with Gasteiger partial charge in [-0.25, -0.2) is 4.79 Å². The third kappa shape index (κ3) is 3.91. The largest absolute Gasteiger partial charge is 0.422 e. The lowest BCUT2D eigenvalue weighted by molar-refractivity contribution is 0.246. The van der Waals surface area contributed by atoms with Crippen molar-refractivity contribution in [2.45, 2.75) is 13.3 Å². The number of rotatable bonds is 4. The van der Waals surface area contributed by atoms with Gasteiger partial charge in [0.1, 0.15) is 5.53 Å². The van der Waals surface area contributed by atoms with Crippen LogP contribution in [-0.4, -0.2) is 24.8 Å². The maximum atomic E-state index is 11.2. The molecular formula is C16H18N7O+. The van der Waals surface area contributed by atoms with Crippen molar-refractivity contribution >= 4 is 17.3 Å². The molecule has 8 heteroatoms. The lowest BCUT2D eigenvalue weighted by Gasteiger charge is -2.12. The topological polar surface area (TPSA) is 142 Å². The smallest absolute Gasteiger partial charge is 0.404 e. The number of benzene rings is 1. The first kappa shape index (κ1) is 17.1. The second-order valence-corrected chi connectivity index (χ2v) is 5.47. The zero-order valence-electron chi connectivity index (χ0n) is 13.3. The van der Waals surface area contributed by atoms with Gasteiger partial charge in [0.15, 0.2) is 0 Å². The molecule has 1 atom stereocenters. The second kappa shape index (κ2) is 7.81. The van der Waals surface area contributed by atoms with E-state index in [-0.39, 0.29) is 5.92 Å². The molecule has 1 heterocycles. The van der Waals surface area contributed by atoms with E-state index < -0.39 is 6.03 Å². The summed E-state index contributed by atoms with van der Waals surface area (Å²) in [5.74, 6) is 0.151. The highest BCUT2D eigenvalue weighted by Gasteiger charge is 2.23. The minimum Gasteiger partial charge on any atom is -0.404 e. The Bertz CT molecular complexity index is 797. The molecule has 0 saturated carbocycles. The van der Waals surface area contributed by atoms with E-state index in [0.717, 1.165) is 22.4 Å². The number of aryl methyl sites for hydroxylation is 1. The predicted octanol–water partition coefficient (Wildman–Crippen LogP) is 1.89. The van der Waals surface area contributed by atoms with Gasteiger partial charge in [-0.3, -0.25) is 4.99 Å². The van der Waals surface area contributed by atoms with Crippen LogP contribution in [0.4, 0.5) is 4.79 Å². The minimum absolute atomic E-state index is 0.151. The first-order chi connectivity index (χ1) is 11.6. The zero-order chi connectivity index (χ0) is 17.5. The minimum atomic E-state index is -0.629. The predicted molar refractivity (Wildman–Crippen MR) is 89.1 cm³/mol. The second-order valence-electron chi connectivity index (χ2n) is 5.47. The van der Waals surface area contributed by atoms with Crippen molar-refractivity contribution in [3.8, 4) is 6.07 Å². The van der Waals surface area contributed by atoms with Gasteiger partial charge in [-0.05, 0) is 36.6 Å². The fourth-order valence-electron chi connectivity index (χ4n) is 2.66. The molecule has 0 aliphatic carbocycles. The summed E-state index contributed by atoms with van der Waals surface area (Å²) in [7, 11) is 0. The number of allylic oxidation sites excluding steroid dienone is 1. The summed E-state index contributed by atoms with van der Waals surface area (Å²) in [6.07, 6.45) is 2.21. The van der Waals surface area contributed by atoms with Crippen LogP contribution in [0.2, 0.25) is 0 Å². The Morgan fingerprint density at radius 1 is 1.67 bits per heavy atom. The average Bonchev–Trinajstić information content (AvgIpc) is 3.04. The maximum absolute atomic E-state index is 11.2. The molecule has 2 rings (SSSR count). The number of urea groups is 1. The van der Waals surface area contributed by atoms with E-state index in [0.29, 0.717) is 25.1 Å². The molecule has 0 fully saturated rings. The highest BCUT2D eigenvalue weighted by molar-refractivity contribution is 6.24. The number of nitrogens with one attached hydrogen (secondary N) is 2. The Kier molecular flexibility index (Phi) is 5.55. The number of carbonyl (C=O) groups is 1. The van der Waals surface area contributed by atoms with Crippen molar-refractivity contribution in [3.05, 3.63) is 41.1 Å². The summed E-state index contributed by atoms with van der Waals surface area (Å²) < 4.78 is 0. The summed E-state index contributed by atoms with van der Waals surface area (Å²) in [5.41, 5.74) is 16.6. The molecule has 24 heavy (non-hydrogen) atoms. The van der Waals surface area contributed by atoms with Crippen LogP contribution in [-0.2, 0) is 0 Å². The Morgan fingerprint density at radius 3 is 3.08 bits per heavy atom. The molecule has 8 nitrogen and oxygen atoms in total. The van der Waals surface area contributed by atoms with Gasteiger partial charge in [0.2, 0.25) is 10.0 Å². The average molecular weight is 324 g/mol. The molecule has 1 aliphatic rings. The van der Waals surface area contributed by atoms with Crippen LogP contribution < -0.4 is 16.0 Å². The Balaban J connectivity index is 2.07. The Labute approximate surface area is 139 Å². The van der Waals surface area contributed by atoms with Crippen LogP contribution in [0, 0.1) is 29.7 Å². The molecule has 0 saturated heterocycles. The van der Waals surface area contributed by atoms with Gasteiger partial charge in [0.25, 0.3) is 0 Å². The number of hydrogen-bond donors (Lipinski definition) is 3. The molecule has 122 valence electrons. The molecule has 4 N–H and O–H groups in total. The molecule has 1 unspecified atom stereocenters. The van der Waals surface area contributed by atoms with Crippen LogP contribution in [0.1, 0.15) is 23.1 Å². The van der Waals surface area contributed by atoms with E-state index in [1.54, 1.807) is 6.07 Å². The van der Waals surface area contributed by atoms with Gasteiger partial charge < -0.3 is 11.1 Å². The molecule has 0 bridgehead atoms. The van der Waals surface area contributed by atoms with Crippen molar-refractivity contribution < 1.29 is 4.79 Å². The fraction of sp³-hybridized carbons (Fsp3) is 0.312. The first-order valence-electron chi connectivity index (χ1n) is 7.41. The van der Waals surface area contributed by atoms with Gasteiger partial charge >= 0.3 is 6.03 Å². The van der Waals surface area contributed by atoms with Gasteiger partial charge in [-0.2, -0.15) is 5.26 Å². The number of amides is 2. The summed E-state index contributed by atoms with van der Waals surface area (Å²) >= 11 is 0. The molecule has 0 aromatic heterocycles. The van der Waals surface area contributed by atoms with Crippen molar-refractivity contribution in [2.75, 3.05) is 13.1 Å². The molecule has 1 aromatic carbocycles. The molecule has 2 amide bonds. The van der Waals surface area contributed by atoms with Crippen LogP contribution in [0.5, 0.6) is 0 Å². The fourth-order valence-corrected chi connectivity index (χ4v) is 2.66. The Hall–Kier alpha value is -3.30. The number of nitrogens with two attached hydrogens (primary N) is 1. The molecule has 1 aromatic rings. The lowest BCUT2D eigenvalue weighted by atomic mass is 9.93. The lowest BCUT2D eigenvalue weighted by Crippen LogP contribution is -2.27. The summed E-state index contributed by atoms with van der Waals surface area (Å²) in [4.78, 5) is 18.4. The molecular weight excluding hydrogens is 306 g/mol. The molecule has 0 radical (unpaired) electrons. The van der Waals surface area contributed by atoms with Crippen molar-refractivity contribution in [3.63, 3.8) is 0 Å². The highest BCUT2D eigenvalue weighted by atomic mass is 16.2. The van der Waals surface area contributed by atoms with Gasteiger partial charge in [-0.15, -0.1) is 0 Å². The number of aliphatic imine (C=N–C) groups is 1. The summed E-state index contributed by atoms with van der Waals surface area (Å²) in [6, 6.07) is 6.93. The normalized spacial score (nSPS) is 16.8. The summed E-state index contributed by atoms with van der Waals surface area (Å²) in [6.45, 7) is 2.92. The zero-order valence-corrected chi connectivity index (χ0v) is 13.3. The standard InChI is InChI=1S/C16H17N7O/c1-10-4-11(6-17)2-3-13(10)14(7-18)15-5-12(8-20-15)9-21-16(24)22-23-19/h2-4,7,12,19H,5,8-9H2,1H3,(H2-,18,20,21,24)/p+1. The van der Waals surface area contributed by atoms with Crippen molar-refractivity contribution in [2.24, 2.45) is 21.8 Å². The van der Waals surface area contributed by atoms with E-state index >= 15 is 0 Å².